The molecule has 2 nitrogen and oxygen atoms in total. The van der Waals surface area contributed by atoms with Crippen LogP contribution in [-0.2, 0) is 0 Å². The van der Waals surface area contributed by atoms with E-state index in [1.165, 1.54) is 43.5 Å². The molecule has 2 saturated carbocycles. The minimum absolute atomic E-state index is 0.110. The molecule has 0 radical (unpaired) electrons. The van der Waals surface area contributed by atoms with Gasteiger partial charge < -0.3 is 10.6 Å². The second kappa shape index (κ2) is 5.16. The van der Waals surface area contributed by atoms with E-state index in [-0.39, 0.29) is 6.04 Å². The summed E-state index contributed by atoms with van der Waals surface area (Å²) in [6.45, 7) is 3.27. The molecule has 104 valence electrons. The number of rotatable bonds is 4. The van der Waals surface area contributed by atoms with Crippen LogP contribution in [0.1, 0.15) is 44.2 Å². The third kappa shape index (κ3) is 2.51. The fraction of sp³-hybridized carbons (Fsp3) is 0.647. The summed E-state index contributed by atoms with van der Waals surface area (Å²) in [5.74, 6) is 2.94. The van der Waals surface area contributed by atoms with Crippen LogP contribution in [0.5, 0.6) is 0 Å². The third-order valence-corrected chi connectivity index (χ3v) is 5.23. The molecule has 0 aromatic heterocycles. The number of para-hydroxylation sites is 1. The average molecular weight is 258 g/mol. The van der Waals surface area contributed by atoms with Crippen LogP contribution in [0.15, 0.2) is 24.3 Å². The summed E-state index contributed by atoms with van der Waals surface area (Å²) in [5, 5.41) is 0. The van der Waals surface area contributed by atoms with Gasteiger partial charge in [0.2, 0.25) is 0 Å². The van der Waals surface area contributed by atoms with Gasteiger partial charge in [0.25, 0.3) is 0 Å². The molecular weight excluding hydrogens is 232 g/mol. The van der Waals surface area contributed by atoms with Crippen LogP contribution in [0.2, 0.25) is 0 Å². The molecule has 4 atom stereocenters. The van der Waals surface area contributed by atoms with Gasteiger partial charge in [-0.05, 0) is 55.6 Å². The summed E-state index contributed by atoms with van der Waals surface area (Å²) in [4.78, 5) is 2.43. The Morgan fingerprint density at radius 2 is 2.05 bits per heavy atom. The fourth-order valence-corrected chi connectivity index (χ4v) is 4.27. The molecule has 3 unspecified atom stereocenters. The van der Waals surface area contributed by atoms with Crippen LogP contribution in [0, 0.1) is 17.8 Å². The van der Waals surface area contributed by atoms with Crippen LogP contribution in [0.3, 0.4) is 0 Å². The van der Waals surface area contributed by atoms with E-state index in [4.69, 9.17) is 5.73 Å². The number of nitrogens with zero attached hydrogens (tertiary/aromatic N) is 1. The molecule has 2 bridgehead atoms. The topological polar surface area (TPSA) is 29.3 Å². The number of fused-ring (bicyclic) bond motifs is 2. The van der Waals surface area contributed by atoms with Gasteiger partial charge in [-0.25, -0.2) is 0 Å². The zero-order chi connectivity index (χ0) is 13.4. The van der Waals surface area contributed by atoms with Gasteiger partial charge in [0.05, 0.1) is 0 Å². The Morgan fingerprint density at radius 3 is 2.68 bits per heavy atom. The molecule has 0 amide bonds. The van der Waals surface area contributed by atoms with Crippen molar-refractivity contribution < 1.29 is 0 Å². The van der Waals surface area contributed by atoms with Crippen LogP contribution in [0.4, 0.5) is 5.69 Å². The first kappa shape index (κ1) is 13.0. The summed E-state index contributed by atoms with van der Waals surface area (Å²) in [5.41, 5.74) is 8.69. The normalized spacial score (nSPS) is 30.6. The standard InChI is InChI=1S/C17H26N2/c1-12(18)16-5-3-4-6-17(16)19(2)11-15-10-13-7-8-14(15)9-13/h3-6,12-15H,7-11,18H2,1-2H3/t12-,13?,14?,15?/m1/s1. The van der Waals surface area contributed by atoms with Crippen molar-refractivity contribution in [3.63, 3.8) is 0 Å². The van der Waals surface area contributed by atoms with E-state index in [1.807, 2.05) is 0 Å². The molecule has 2 fully saturated rings. The van der Waals surface area contributed by atoms with Crippen molar-refractivity contribution in [2.45, 2.75) is 38.6 Å². The number of nitrogens with two attached hydrogens (primary N) is 1. The van der Waals surface area contributed by atoms with Gasteiger partial charge in [0.1, 0.15) is 0 Å². The maximum Gasteiger partial charge on any atom is 0.0412 e. The molecule has 2 heteroatoms. The van der Waals surface area contributed by atoms with Gasteiger partial charge in [-0.15, -0.1) is 0 Å². The molecule has 0 saturated heterocycles. The molecule has 1 aromatic rings. The first-order valence-corrected chi connectivity index (χ1v) is 7.70. The Morgan fingerprint density at radius 1 is 1.26 bits per heavy atom. The summed E-state index contributed by atoms with van der Waals surface area (Å²) < 4.78 is 0. The van der Waals surface area contributed by atoms with Crippen molar-refractivity contribution in [1.82, 2.24) is 0 Å². The minimum Gasteiger partial charge on any atom is -0.374 e. The summed E-state index contributed by atoms with van der Waals surface area (Å²) in [7, 11) is 2.23. The van der Waals surface area contributed by atoms with E-state index in [2.05, 4.69) is 43.1 Å². The third-order valence-electron chi connectivity index (χ3n) is 5.23. The molecule has 0 heterocycles. The molecule has 2 aliphatic rings. The summed E-state index contributed by atoms with van der Waals surface area (Å²) in [6.07, 6.45) is 5.90. The van der Waals surface area contributed by atoms with Gasteiger partial charge in [-0.2, -0.15) is 0 Å². The monoisotopic (exact) mass is 258 g/mol. The number of hydrogen-bond acceptors (Lipinski definition) is 2. The van der Waals surface area contributed by atoms with Crippen molar-refractivity contribution in [2.24, 2.45) is 23.5 Å². The van der Waals surface area contributed by atoms with E-state index in [1.54, 1.807) is 0 Å². The highest BCUT2D eigenvalue weighted by Gasteiger charge is 2.39. The molecule has 3 rings (SSSR count). The van der Waals surface area contributed by atoms with Gasteiger partial charge in [-0.3, -0.25) is 0 Å². The Balaban J connectivity index is 1.72. The molecule has 2 aliphatic carbocycles. The average Bonchev–Trinajstić information content (AvgIpc) is 3.01. The lowest BCUT2D eigenvalue weighted by Gasteiger charge is -2.30. The van der Waals surface area contributed by atoms with Crippen molar-refractivity contribution in [2.75, 3.05) is 18.5 Å². The van der Waals surface area contributed by atoms with Gasteiger partial charge in [-0.1, -0.05) is 24.6 Å². The Bertz CT molecular complexity index is 441. The minimum atomic E-state index is 0.110. The lowest BCUT2D eigenvalue weighted by molar-refractivity contribution is 0.337. The van der Waals surface area contributed by atoms with Crippen LogP contribution in [-0.4, -0.2) is 13.6 Å². The Labute approximate surface area is 117 Å². The number of benzene rings is 1. The zero-order valence-corrected chi connectivity index (χ0v) is 12.2. The van der Waals surface area contributed by atoms with Crippen LogP contribution in [0.25, 0.3) is 0 Å². The molecule has 0 aliphatic heterocycles. The Kier molecular flexibility index (Phi) is 3.53. The number of hydrogen-bond donors (Lipinski definition) is 1. The predicted molar refractivity (Wildman–Crippen MR) is 81.3 cm³/mol. The largest absolute Gasteiger partial charge is 0.374 e. The maximum atomic E-state index is 6.09. The lowest BCUT2D eigenvalue weighted by atomic mass is 9.88. The van der Waals surface area contributed by atoms with Gasteiger partial charge in [0, 0.05) is 25.3 Å². The molecule has 1 aromatic carbocycles. The van der Waals surface area contributed by atoms with E-state index in [0.29, 0.717) is 0 Å². The first-order valence-electron chi connectivity index (χ1n) is 7.70. The smallest absolute Gasteiger partial charge is 0.0412 e. The van der Waals surface area contributed by atoms with Gasteiger partial charge >= 0.3 is 0 Å². The van der Waals surface area contributed by atoms with E-state index in [0.717, 1.165) is 17.8 Å². The molecule has 2 N–H and O–H groups in total. The zero-order valence-electron chi connectivity index (χ0n) is 12.2. The highest BCUT2D eigenvalue weighted by Crippen LogP contribution is 2.48. The lowest BCUT2D eigenvalue weighted by Crippen LogP contribution is -2.29. The summed E-state index contributed by atoms with van der Waals surface area (Å²) >= 11 is 0. The second-order valence-electron chi connectivity index (χ2n) is 6.66. The number of anilines is 1. The highest BCUT2D eigenvalue weighted by molar-refractivity contribution is 5.54. The van der Waals surface area contributed by atoms with Crippen molar-refractivity contribution in [3.8, 4) is 0 Å². The van der Waals surface area contributed by atoms with Crippen LogP contribution >= 0.6 is 0 Å². The van der Waals surface area contributed by atoms with E-state index in [9.17, 15) is 0 Å². The molecule has 19 heavy (non-hydrogen) atoms. The van der Waals surface area contributed by atoms with E-state index >= 15 is 0 Å². The van der Waals surface area contributed by atoms with Crippen molar-refractivity contribution in [1.29, 1.82) is 0 Å². The van der Waals surface area contributed by atoms with Crippen molar-refractivity contribution in [3.05, 3.63) is 29.8 Å². The van der Waals surface area contributed by atoms with E-state index < -0.39 is 0 Å². The highest BCUT2D eigenvalue weighted by atomic mass is 15.1. The van der Waals surface area contributed by atoms with Crippen LogP contribution < -0.4 is 10.6 Å². The predicted octanol–water partition coefficient (Wildman–Crippen LogP) is 3.58. The van der Waals surface area contributed by atoms with Gasteiger partial charge in [0.15, 0.2) is 0 Å². The fourth-order valence-electron chi connectivity index (χ4n) is 4.27. The quantitative estimate of drug-likeness (QED) is 0.894. The molecule has 0 spiro atoms. The first-order chi connectivity index (χ1) is 9.15. The second-order valence-corrected chi connectivity index (χ2v) is 6.66. The summed E-state index contributed by atoms with van der Waals surface area (Å²) in [6, 6.07) is 8.70. The Hall–Kier alpha value is -1.02. The maximum absolute atomic E-state index is 6.09. The SMILES string of the molecule is C[C@@H](N)c1ccccc1N(C)CC1CC2CCC1C2. The molecular formula is C17H26N2. The van der Waals surface area contributed by atoms with Crippen molar-refractivity contribution >= 4 is 5.69 Å².